The Balaban J connectivity index is 1.63. The van der Waals surface area contributed by atoms with Gasteiger partial charge in [0.2, 0.25) is 11.8 Å². The van der Waals surface area contributed by atoms with Crippen molar-refractivity contribution in [2.45, 2.75) is 65.3 Å². The largest absolute Gasteiger partial charge is 0.497 e. The number of nitrogens with one attached hydrogen (secondary N) is 2. The van der Waals surface area contributed by atoms with Crippen molar-refractivity contribution in [3.8, 4) is 5.88 Å². The number of amides is 3. The third-order valence-electron chi connectivity index (χ3n) is 7.76. The number of allylic oxidation sites excluding steroid dienone is 5. The maximum absolute atomic E-state index is 12.9. The zero-order valence-corrected chi connectivity index (χ0v) is 27.7. The van der Waals surface area contributed by atoms with Crippen LogP contribution in [0.15, 0.2) is 53.6 Å². The molecule has 1 aliphatic heterocycles. The summed E-state index contributed by atoms with van der Waals surface area (Å²) >= 11 is 5.84. The first-order valence-electron chi connectivity index (χ1n) is 15.3. The number of urea groups is 1. The molecule has 246 valence electrons. The minimum absolute atomic E-state index is 0.0182. The van der Waals surface area contributed by atoms with Gasteiger partial charge in [-0.05, 0) is 63.2 Å². The molecule has 1 aromatic rings. The van der Waals surface area contributed by atoms with E-state index in [1.165, 1.54) is 18.1 Å². The molecule has 0 saturated carbocycles. The molecule has 0 unspecified atom stereocenters. The summed E-state index contributed by atoms with van der Waals surface area (Å²) in [5.74, 6) is 2.02. The number of hydrogen-bond acceptors (Lipinski definition) is 8. The Labute approximate surface area is 270 Å². The smallest absolute Gasteiger partial charge is 0.318 e. The molecular weight excluding hydrogens is 598 g/mol. The Hall–Kier alpha value is -3.83. The minimum atomic E-state index is -0.314. The van der Waals surface area contributed by atoms with Crippen LogP contribution >= 0.6 is 11.6 Å². The maximum Gasteiger partial charge on any atom is 0.318 e. The standard InChI is InChI=1S/C33H46ClN5O6/c1-6-33(22-42-4)14-18-39(19-15-33)30(40)10-8-20-44-29-21-27-26(11-12-28(29)43-5)31(37-23-36-27)45-25(13-16-34)9-7-17-35-32(41)38-24(2)3/h7,9,11,13,16-17,21,23-24H,6,8,10,12,14-15,18-20,22H2,1-5H3,(H2,35,38,41)/b16-13+,17-7+,25-9+. The number of methoxy groups -OCH3 is 2. The van der Waals surface area contributed by atoms with Gasteiger partial charge in [-0.3, -0.25) is 4.79 Å². The van der Waals surface area contributed by atoms with E-state index in [-0.39, 0.29) is 23.4 Å². The van der Waals surface area contributed by atoms with Crippen LogP contribution in [0.3, 0.4) is 0 Å². The zero-order valence-electron chi connectivity index (χ0n) is 26.9. The first-order valence-corrected chi connectivity index (χ1v) is 15.8. The van der Waals surface area contributed by atoms with Crippen molar-refractivity contribution in [2.75, 3.05) is 40.5 Å². The molecule has 2 aliphatic rings. The van der Waals surface area contributed by atoms with E-state index in [0.717, 1.165) is 39.0 Å². The summed E-state index contributed by atoms with van der Waals surface area (Å²) < 4.78 is 23.3. The highest BCUT2D eigenvalue weighted by Gasteiger charge is 2.34. The Morgan fingerprint density at radius 2 is 1.98 bits per heavy atom. The third kappa shape index (κ3) is 10.9. The average molecular weight is 644 g/mol. The van der Waals surface area contributed by atoms with Gasteiger partial charge < -0.3 is 34.5 Å². The van der Waals surface area contributed by atoms with Gasteiger partial charge in [-0.2, -0.15) is 0 Å². The normalized spacial score (nSPS) is 16.6. The Bertz CT molecular complexity index is 1400. The summed E-state index contributed by atoms with van der Waals surface area (Å²) in [4.78, 5) is 35.4. The molecular formula is C33H46ClN5O6. The zero-order chi connectivity index (χ0) is 32.7. The van der Waals surface area contributed by atoms with Gasteiger partial charge in [-0.1, -0.05) is 24.6 Å². The van der Waals surface area contributed by atoms with E-state index < -0.39 is 0 Å². The number of likely N-dealkylation sites (tertiary alicyclic amines) is 1. The molecule has 0 radical (unpaired) electrons. The number of carbonyl (C=O) groups is 2. The fourth-order valence-electron chi connectivity index (χ4n) is 5.15. The second-order valence-electron chi connectivity index (χ2n) is 11.2. The summed E-state index contributed by atoms with van der Waals surface area (Å²) in [6, 6.07) is -0.296. The molecule has 2 N–H and O–H groups in total. The van der Waals surface area contributed by atoms with Crippen molar-refractivity contribution in [3.63, 3.8) is 0 Å². The molecule has 0 atom stereocenters. The number of piperidine rings is 1. The van der Waals surface area contributed by atoms with Crippen LogP contribution in [0, 0.1) is 5.41 Å². The van der Waals surface area contributed by atoms with Crippen LogP contribution in [0.1, 0.15) is 59.3 Å². The highest BCUT2D eigenvalue weighted by Crippen LogP contribution is 2.35. The number of halogens is 1. The number of fused-ring (bicyclic) bond motifs is 1. The van der Waals surface area contributed by atoms with Crippen LogP contribution in [0.25, 0.3) is 12.2 Å². The maximum atomic E-state index is 12.9. The molecule has 0 bridgehead atoms. The summed E-state index contributed by atoms with van der Waals surface area (Å²) in [5, 5.41) is 6.61. The van der Waals surface area contributed by atoms with E-state index in [4.69, 9.17) is 30.5 Å². The van der Waals surface area contributed by atoms with Gasteiger partial charge in [0.25, 0.3) is 0 Å². The van der Waals surface area contributed by atoms with E-state index >= 15 is 0 Å². The summed E-state index contributed by atoms with van der Waals surface area (Å²) in [6.45, 7) is 8.57. The highest BCUT2D eigenvalue weighted by molar-refractivity contribution is 6.25. The first-order chi connectivity index (χ1) is 21.7. The fourth-order valence-corrected chi connectivity index (χ4v) is 5.28. The predicted molar refractivity (Wildman–Crippen MR) is 174 cm³/mol. The Morgan fingerprint density at radius 1 is 1.20 bits per heavy atom. The first kappa shape index (κ1) is 35.6. The quantitative estimate of drug-likeness (QED) is 0.167. The molecule has 1 fully saturated rings. The number of aromatic nitrogens is 2. The number of ether oxygens (including phenoxy) is 4. The summed E-state index contributed by atoms with van der Waals surface area (Å²) in [5.41, 5.74) is 1.50. The van der Waals surface area contributed by atoms with Gasteiger partial charge in [-0.15, -0.1) is 0 Å². The van der Waals surface area contributed by atoms with E-state index in [1.54, 1.807) is 38.5 Å². The summed E-state index contributed by atoms with van der Waals surface area (Å²) in [7, 11) is 3.33. The van der Waals surface area contributed by atoms with E-state index in [2.05, 4.69) is 27.5 Å². The van der Waals surface area contributed by atoms with Crippen LogP contribution in [-0.4, -0.2) is 73.4 Å². The SMILES string of the molecule is CCC1(COC)CCN(C(=O)CCCOC2=C(OC)CC=c3c(OC(/C=C/Cl)=C/C=C/NC(=O)NC(C)C)ncnc3=C2)CC1. The lowest BCUT2D eigenvalue weighted by Gasteiger charge is -2.41. The highest BCUT2D eigenvalue weighted by atomic mass is 35.5. The molecule has 3 amide bonds. The number of carbonyl (C=O) groups excluding carboxylic acids is 2. The van der Waals surface area contributed by atoms with E-state index in [0.29, 0.717) is 59.6 Å². The van der Waals surface area contributed by atoms with Crippen LogP contribution in [-0.2, 0) is 19.0 Å². The van der Waals surface area contributed by atoms with Crippen LogP contribution in [0.4, 0.5) is 4.79 Å². The van der Waals surface area contributed by atoms with Crippen molar-refractivity contribution in [1.82, 2.24) is 25.5 Å². The molecule has 45 heavy (non-hydrogen) atoms. The van der Waals surface area contributed by atoms with Gasteiger partial charge in [0.1, 0.15) is 17.8 Å². The lowest BCUT2D eigenvalue weighted by atomic mass is 9.77. The van der Waals surface area contributed by atoms with Gasteiger partial charge in [0.15, 0.2) is 5.76 Å². The predicted octanol–water partition coefficient (Wildman–Crippen LogP) is 4.00. The lowest BCUT2D eigenvalue weighted by molar-refractivity contribution is -0.134. The number of rotatable bonds is 15. The summed E-state index contributed by atoms with van der Waals surface area (Å²) in [6.07, 6.45) is 15.8. The van der Waals surface area contributed by atoms with E-state index in [1.807, 2.05) is 24.8 Å². The van der Waals surface area contributed by atoms with Gasteiger partial charge >= 0.3 is 6.03 Å². The van der Waals surface area contributed by atoms with Crippen LogP contribution in [0.5, 0.6) is 5.88 Å². The minimum Gasteiger partial charge on any atom is -0.497 e. The van der Waals surface area contributed by atoms with Crippen molar-refractivity contribution in [3.05, 3.63) is 64.1 Å². The van der Waals surface area contributed by atoms with Crippen molar-refractivity contribution in [1.29, 1.82) is 0 Å². The van der Waals surface area contributed by atoms with Gasteiger partial charge in [0, 0.05) is 56.9 Å². The molecule has 1 aliphatic carbocycles. The molecule has 0 aromatic carbocycles. The molecule has 11 nitrogen and oxygen atoms in total. The molecule has 3 rings (SSSR count). The van der Waals surface area contributed by atoms with Crippen molar-refractivity contribution in [2.24, 2.45) is 5.41 Å². The molecule has 0 spiro atoms. The topological polar surface area (TPSA) is 124 Å². The number of nitrogens with zero attached hydrogens (tertiary/aromatic N) is 3. The van der Waals surface area contributed by atoms with Crippen LogP contribution < -0.4 is 25.9 Å². The van der Waals surface area contributed by atoms with Crippen molar-refractivity contribution >= 4 is 35.7 Å². The Morgan fingerprint density at radius 3 is 2.64 bits per heavy atom. The average Bonchev–Trinajstić information content (AvgIpc) is 3.21. The van der Waals surface area contributed by atoms with E-state index in [9.17, 15) is 9.59 Å². The second-order valence-corrected chi connectivity index (χ2v) is 11.5. The fraction of sp³-hybridized carbons (Fsp3) is 0.515. The lowest BCUT2D eigenvalue weighted by Crippen LogP contribution is -2.44. The van der Waals surface area contributed by atoms with Gasteiger partial charge in [0.05, 0.1) is 30.9 Å². The molecule has 2 heterocycles. The monoisotopic (exact) mass is 643 g/mol. The van der Waals surface area contributed by atoms with Gasteiger partial charge in [-0.25, -0.2) is 14.8 Å². The second kappa shape index (κ2) is 18.2. The molecule has 1 saturated heterocycles. The third-order valence-corrected chi connectivity index (χ3v) is 7.89. The molecule has 1 aromatic heterocycles. The van der Waals surface area contributed by atoms with Crippen LogP contribution in [0.2, 0.25) is 0 Å². The van der Waals surface area contributed by atoms with Crippen molar-refractivity contribution < 1.29 is 28.5 Å². The number of hydrogen-bond donors (Lipinski definition) is 2. The molecule has 12 heteroatoms. The Kier molecular flexibility index (Phi) is 14.4.